The lowest BCUT2D eigenvalue weighted by Gasteiger charge is -2.33. The van der Waals surface area contributed by atoms with Gasteiger partial charge in [-0.15, -0.1) is 0 Å². The molecule has 1 aromatic carbocycles. The van der Waals surface area contributed by atoms with E-state index in [1.807, 2.05) is 43.0 Å². The van der Waals surface area contributed by atoms with E-state index < -0.39 is 0 Å². The highest BCUT2D eigenvalue weighted by Gasteiger charge is 2.22. The Hall–Kier alpha value is -2.41. The van der Waals surface area contributed by atoms with Crippen molar-refractivity contribution in [3.05, 3.63) is 35.7 Å². The highest BCUT2D eigenvalue weighted by molar-refractivity contribution is 5.74. The molecule has 1 saturated heterocycles. The van der Waals surface area contributed by atoms with Gasteiger partial charge in [-0.1, -0.05) is 22.9 Å². The first-order chi connectivity index (χ1) is 11.7. The summed E-state index contributed by atoms with van der Waals surface area (Å²) >= 11 is 0. The Kier molecular flexibility index (Phi) is 5.10. The van der Waals surface area contributed by atoms with E-state index in [0.717, 1.165) is 18.7 Å². The van der Waals surface area contributed by atoms with Crippen LogP contribution < -0.4 is 5.32 Å². The van der Waals surface area contributed by atoms with E-state index in [4.69, 9.17) is 4.52 Å². The molecule has 7 heteroatoms. The van der Waals surface area contributed by atoms with Gasteiger partial charge < -0.3 is 14.7 Å². The molecule has 128 valence electrons. The molecule has 0 atom stereocenters. The second-order valence-electron chi connectivity index (χ2n) is 5.98. The van der Waals surface area contributed by atoms with Gasteiger partial charge in [0.15, 0.2) is 5.82 Å². The van der Waals surface area contributed by atoms with Crippen LogP contribution in [0.5, 0.6) is 0 Å². The zero-order chi connectivity index (χ0) is 16.9. The standard InChI is InChI=1S/C17H23N5O2/c1-3-18-17(23)22-10-8-21(9-11-22)12-15-19-16(24-20-15)14-6-4-13(2)5-7-14/h4-7H,3,8-12H2,1-2H3,(H,18,23). The Balaban J connectivity index is 1.54. The van der Waals surface area contributed by atoms with Gasteiger partial charge in [0.1, 0.15) is 0 Å². The Morgan fingerprint density at radius 1 is 1.21 bits per heavy atom. The van der Waals surface area contributed by atoms with Gasteiger partial charge in [-0.05, 0) is 26.0 Å². The highest BCUT2D eigenvalue weighted by Crippen LogP contribution is 2.18. The maximum absolute atomic E-state index is 11.8. The molecule has 2 amide bonds. The number of urea groups is 1. The number of carbonyl (C=O) groups excluding carboxylic acids is 1. The molecule has 2 aromatic rings. The molecule has 7 nitrogen and oxygen atoms in total. The third-order valence-electron chi connectivity index (χ3n) is 4.12. The quantitative estimate of drug-likeness (QED) is 0.927. The minimum absolute atomic E-state index is 0.0124. The van der Waals surface area contributed by atoms with E-state index in [0.29, 0.717) is 37.9 Å². The minimum Gasteiger partial charge on any atom is -0.338 e. The Bertz CT molecular complexity index is 675. The molecule has 1 aromatic heterocycles. The van der Waals surface area contributed by atoms with Crippen LogP contribution in [0.1, 0.15) is 18.3 Å². The van der Waals surface area contributed by atoms with E-state index in [2.05, 4.69) is 20.4 Å². The molecule has 0 aliphatic carbocycles. The van der Waals surface area contributed by atoms with Crippen LogP contribution in [0.3, 0.4) is 0 Å². The van der Waals surface area contributed by atoms with Crippen LogP contribution in [0, 0.1) is 6.92 Å². The molecule has 2 heterocycles. The van der Waals surface area contributed by atoms with Crippen LogP contribution in [0.4, 0.5) is 4.79 Å². The number of carbonyl (C=O) groups is 1. The fourth-order valence-corrected chi connectivity index (χ4v) is 2.70. The summed E-state index contributed by atoms with van der Waals surface area (Å²) in [6.07, 6.45) is 0. The Morgan fingerprint density at radius 2 is 1.92 bits per heavy atom. The first-order valence-electron chi connectivity index (χ1n) is 8.30. The average Bonchev–Trinajstić information content (AvgIpc) is 3.05. The van der Waals surface area contributed by atoms with Gasteiger partial charge in [0.05, 0.1) is 6.54 Å². The van der Waals surface area contributed by atoms with Crippen molar-refractivity contribution < 1.29 is 9.32 Å². The number of benzene rings is 1. The molecule has 0 unspecified atom stereocenters. The predicted molar refractivity (Wildman–Crippen MR) is 90.4 cm³/mol. The third kappa shape index (κ3) is 3.91. The molecule has 3 rings (SSSR count). The van der Waals surface area contributed by atoms with Gasteiger partial charge in [-0.3, -0.25) is 4.90 Å². The Labute approximate surface area is 141 Å². The average molecular weight is 329 g/mol. The number of rotatable bonds is 4. The number of nitrogens with one attached hydrogen (secondary N) is 1. The lowest BCUT2D eigenvalue weighted by atomic mass is 10.1. The van der Waals surface area contributed by atoms with E-state index >= 15 is 0 Å². The molecule has 24 heavy (non-hydrogen) atoms. The topological polar surface area (TPSA) is 74.5 Å². The summed E-state index contributed by atoms with van der Waals surface area (Å²) in [7, 11) is 0. The lowest BCUT2D eigenvalue weighted by molar-refractivity contribution is 0.133. The highest BCUT2D eigenvalue weighted by atomic mass is 16.5. The van der Waals surface area contributed by atoms with Gasteiger partial charge >= 0.3 is 6.03 Å². The van der Waals surface area contributed by atoms with Gasteiger partial charge in [0.2, 0.25) is 0 Å². The predicted octanol–water partition coefficient (Wildman–Crippen LogP) is 1.89. The second kappa shape index (κ2) is 7.44. The van der Waals surface area contributed by atoms with E-state index in [9.17, 15) is 4.79 Å². The van der Waals surface area contributed by atoms with Crippen molar-refractivity contribution in [3.8, 4) is 11.5 Å². The molecule has 1 N–H and O–H groups in total. The van der Waals surface area contributed by atoms with Crippen molar-refractivity contribution in [3.63, 3.8) is 0 Å². The Morgan fingerprint density at radius 3 is 2.58 bits per heavy atom. The summed E-state index contributed by atoms with van der Waals surface area (Å²) in [5, 5.41) is 6.91. The smallest absolute Gasteiger partial charge is 0.317 e. The van der Waals surface area contributed by atoms with Gasteiger partial charge in [0.25, 0.3) is 5.89 Å². The molecule has 0 bridgehead atoms. The number of aryl methyl sites for hydroxylation is 1. The molecule has 0 saturated carbocycles. The van der Waals surface area contributed by atoms with Gasteiger partial charge in [0, 0.05) is 38.3 Å². The van der Waals surface area contributed by atoms with Gasteiger partial charge in [-0.25, -0.2) is 4.79 Å². The molecule has 0 spiro atoms. The van der Waals surface area contributed by atoms with E-state index in [1.165, 1.54) is 5.56 Å². The van der Waals surface area contributed by atoms with Crippen LogP contribution in [-0.4, -0.2) is 58.7 Å². The van der Waals surface area contributed by atoms with E-state index in [1.54, 1.807) is 0 Å². The SMILES string of the molecule is CCNC(=O)N1CCN(Cc2noc(-c3ccc(C)cc3)n2)CC1. The summed E-state index contributed by atoms with van der Waals surface area (Å²) in [6.45, 7) is 8.32. The largest absolute Gasteiger partial charge is 0.338 e. The first-order valence-corrected chi connectivity index (χ1v) is 8.30. The summed E-state index contributed by atoms with van der Waals surface area (Å²) in [5.41, 5.74) is 2.13. The monoisotopic (exact) mass is 329 g/mol. The lowest BCUT2D eigenvalue weighted by Crippen LogP contribution is -2.51. The summed E-state index contributed by atoms with van der Waals surface area (Å²) in [4.78, 5) is 20.4. The fraction of sp³-hybridized carbons (Fsp3) is 0.471. The zero-order valence-corrected chi connectivity index (χ0v) is 14.2. The van der Waals surface area contributed by atoms with Crippen molar-refractivity contribution in [1.29, 1.82) is 0 Å². The molecular weight excluding hydrogens is 306 g/mol. The minimum atomic E-state index is 0.0124. The summed E-state index contributed by atoms with van der Waals surface area (Å²) in [5.74, 6) is 1.22. The number of hydrogen-bond acceptors (Lipinski definition) is 5. The summed E-state index contributed by atoms with van der Waals surface area (Å²) < 4.78 is 5.36. The van der Waals surface area contributed by atoms with E-state index in [-0.39, 0.29) is 6.03 Å². The number of hydrogen-bond donors (Lipinski definition) is 1. The number of aromatic nitrogens is 2. The third-order valence-corrected chi connectivity index (χ3v) is 4.12. The van der Waals surface area contributed by atoms with Crippen LogP contribution in [0.15, 0.2) is 28.8 Å². The van der Waals surface area contributed by atoms with Crippen LogP contribution in [0.25, 0.3) is 11.5 Å². The molecule has 1 fully saturated rings. The normalized spacial score (nSPS) is 15.5. The van der Waals surface area contributed by atoms with Crippen LogP contribution in [0.2, 0.25) is 0 Å². The van der Waals surface area contributed by atoms with Crippen molar-refractivity contribution >= 4 is 6.03 Å². The van der Waals surface area contributed by atoms with Crippen molar-refractivity contribution in [1.82, 2.24) is 25.3 Å². The second-order valence-corrected chi connectivity index (χ2v) is 5.98. The summed E-state index contributed by atoms with van der Waals surface area (Å²) in [6, 6.07) is 8.04. The fourth-order valence-electron chi connectivity index (χ4n) is 2.70. The molecular formula is C17H23N5O2. The first kappa shape index (κ1) is 16.4. The molecule has 0 radical (unpaired) electrons. The number of piperazine rings is 1. The van der Waals surface area contributed by atoms with Gasteiger partial charge in [-0.2, -0.15) is 4.98 Å². The molecule has 1 aliphatic heterocycles. The number of amides is 2. The van der Waals surface area contributed by atoms with Crippen LogP contribution >= 0.6 is 0 Å². The zero-order valence-electron chi connectivity index (χ0n) is 14.2. The number of nitrogens with zero attached hydrogens (tertiary/aromatic N) is 4. The maximum atomic E-state index is 11.8. The van der Waals surface area contributed by atoms with Crippen LogP contribution in [-0.2, 0) is 6.54 Å². The van der Waals surface area contributed by atoms with Crippen molar-refractivity contribution in [2.75, 3.05) is 32.7 Å². The van der Waals surface area contributed by atoms with Crippen molar-refractivity contribution in [2.45, 2.75) is 20.4 Å². The molecule has 1 aliphatic rings. The van der Waals surface area contributed by atoms with Crippen molar-refractivity contribution in [2.24, 2.45) is 0 Å². The maximum Gasteiger partial charge on any atom is 0.317 e.